The van der Waals surface area contributed by atoms with Gasteiger partial charge in [-0.3, -0.25) is 0 Å². The van der Waals surface area contributed by atoms with E-state index in [1.165, 1.54) is 12.8 Å². The summed E-state index contributed by atoms with van der Waals surface area (Å²) < 4.78 is 5.25. The molecule has 0 aromatic carbocycles. The highest BCUT2D eigenvalue weighted by Crippen LogP contribution is 2.25. The van der Waals surface area contributed by atoms with E-state index in [2.05, 4.69) is 12.2 Å². The molecule has 1 fully saturated rings. The van der Waals surface area contributed by atoms with Crippen LogP contribution in [0.1, 0.15) is 33.1 Å². The van der Waals surface area contributed by atoms with Crippen LogP contribution in [-0.4, -0.2) is 25.8 Å². The zero-order chi connectivity index (χ0) is 8.81. The van der Waals surface area contributed by atoms with Gasteiger partial charge >= 0.3 is 0 Å². The minimum atomic E-state index is 0.807. The maximum Gasteiger partial charge on any atom is 0.0477 e. The SMILES string of the molecule is CCOCCCNC1CC(C)C1. The Balaban J connectivity index is 1.77. The summed E-state index contributed by atoms with van der Waals surface area (Å²) in [7, 11) is 0. The van der Waals surface area contributed by atoms with Gasteiger partial charge in [0.05, 0.1) is 0 Å². The molecular formula is C10H21NO. The summed E-state index contributed by atoms with van der Waals surface area (Å²) in [4.78, 5) is 0. The van der Waals surface area contributed by atoms with Gasteiger partial charge in [-0.05, 0) is 38.6 Å². The van der Waals surface area contributed by atoms with Crippen LogP contribution in [0.25, 0.3) is 0 Å². The van der Waals surface area contributed by atoms with Crippen LogP contribution in [0.3, 0.4) is 0 Å². The van der Waals surface area contributed by atoms with E-state index >= 15 is 0 Å². The molecule has 1 rings (SSSR count). The molecule has 0 amide bonds. The van der Waals surface area contributed by atoms with Crippen molar-refractivity contribution < 1.29 is 4.74 Å². The molecule has 1 saturated carbocycles. The second-order valence-corrected chi connectivity index (χ2v) is 3.78. The van der Waals surface area contributed by atoms with Crippen LogP contribution in [-0.2, 0) is 4.74 Å². The van der Waals surface area contributed by atoms with Gasteiger partial charge in [-0.1, -0.05) is 6.92 Å². The summed E-state index contributed by atoms with van der Waals surface area (Å²) in [5, 5.41) is 3.53. The predicted molar refractivity (Wildman–Crippen MR) is 51.3 cm³/mol. The van der Waals surface area contributed by atoms with Crippen molar-refractivity contribution in [1.29, 1.82) is 0 Å². The quantitative estimate of drug-likeness (QED) is 0.615. The number of ether oxygens (including phenoxy) is 1. The Hall–Kier alpha value is -0.0800. The molecule has 0 aromatic rings. The van der Waals surface area contributed by atoms with Crippen molar-refractivity contribution in [2.45, 2.75) is 39.2 Å². The maximum absolute atomic E-state index is 5.25. The second kappa shape index (κ2) is 5.55. The maximum atomic E-state index is 5.25. The molecule has 0 spiro atoms. The van der Waals surface area contributed by atoms with Crippen molar-refractivity contribution in [3.05, 3.63) is 0 Å². The van der Waals surface area contributed by atoms with E-state index in [1.54, 1.807) is 0 Å². The van der Waals surface area contributed by atoms with E-state index in [4.69, 9.17) is 4.74 Å². The third kappa shape index (κ3) is 3.55. The van der Waals surface area contributed by atoms with Crippen LogP contribution < -0.4 is 5.32 Å². The van der Waals surface area contributed by atoms with Crippen LogP contribution >= 0.6 is 0 Å². The molecule has 0 atom stereocenters. The van der Waals surface area contributed by atoms with Gasteiger partial charge in [-0.15, -0.1) is 0 Å². The van der Waals surface area contributed by atoms with Crippen LogP contribution in [0.4, 0.5) is 0 Å². The van der Waals surface area contributed by atoms with E-state index < -0.39 is 0 Å². The second-order valence-electron chi connectivity index (χ2n) is 3.78. The lowest BCUT2D eigenvalue weighted by molar-refractivity contribution is 0.141. The van der Waals surface area contributed by atoms with Crippen LogP contribution in [0.2, 0.25) is 0 Å². The Morgan fingerprint density at radius 3 is 2.75 bits per heavy atom. The smallest absolute Gasteiger partial charge is 0.0477 e. The fraction of sp³-hybridized carbons (Fsp3) is 1.00. The first-order valence-electron chi connectivity index (χ1n) is 5.14. The van der Waals surface area contributed by atoms with E-state index in [1.807, 2.05) is 6.92 Å². The molecule has 2 nitrogen and oxygen atoms in total. The molecule has 1 N–H and O–H groups in total. The molecule has 12 heavy (non-hydrogen) atoms. The lowest BCUT2D eigenvalue weighted by Crippen LogP contribution is -2.40. The highest BCUT2D eigenvalue weighted by atomic mass is 16.5. The van der Waals surface area contributed by atoms with Crippen LogP contribution in [0.5, 0.6) is 0 Å². The average molecular weight is 171 g/mol. The zero-order valence-corrected chi connectivity index (χ0v) is 8.31. The molecule has 0 heterocycles. The van der Waals surface area contributed by atoms with Crippen molar-refractivity contribution >= 4 is 0 Å². The van der Waals surface area contributed by atoms with E-state index in [0.717, 1.165) is 38.1 Å². The molecule has 0 unspecified atom stereocenters. The fourth-order valence-corrected chi connectivity index (χ4v) is 1.69. The first kappa shape index (κ1) is 10.0. The molecule has 2 heteroatoms. The van der Waals surface area contributed by atoms with Crippen molar-refractivity contribution in [1.82, 2.24) is 5.32 Å². The molecule has 72 valence electrons. The first-order chi connectivity index (χ1) is 5.83. The van der Waals surface area contributed by atoms with E-state index in [9.17, 15) is 0 Å². The Kier molecular flexibility index (Phi) is 4.62. The summed E-state index contributed by atoms with van der Waals surface area (Å²) in [5.74, 6) is 0.953. The van der Waals surface area contributed by atoms with Crippen LogP contribution in [0.15, 0.2) is 0 Å². The molecular weight excluding hydrogens is 150 g/mol. The van der Waals surface area contributed by atoms with Gasteiger partial charge in [-0.2, -0.15) is 0 Å². The number of hydrogen-bond donors (Lipinski definition) is 1. The van der Waals surface area contributed by atoms with Gasteiger partial charge in [0.15, 0.2) is 0 Å². The van der Waals surface area contributed by atoms with Gasteiger partial charge in [0.25, 0.3) is 0 Å². The molecule has 0 aliphatic heterocycles. The largest absolute Gasteiger partial charge is 0.382 e. The molecule has 0 bridgehead atoms. The molecule has 0 saturated heterocycles. The fourth-order valence-electron chi connectivity index (χ4n) is 1.69. The number of hydrogen-bond acceptors (Lipinski definition) is 2. The Labute approximate surface area is 75.7 Å². The third-order valence-corrected chi connectivity index (χ3v) is 2.48. The molecule has 1 aliphatic carbocycles. The van der Waals surface area contributed by atoms with Crippen molar-refractivity contribution in [2.75, 3.05) is 19.8 Å². The van der Waals surface area contributed by atoms with E-state index in [-0.39, 0.29) is 0 Å². The minimum Gasteiger partial charge on any atom is -0.382 e. The van der Waals surface area contributed by atoms with Crippen molar-refractivity contribution in [2.24, 2.45) is 5.92 Å². The summed E-state index contributed by atoms with van der Waals surface area (Å²) >= 11 is 0. The standard InChI is InChI=1S/C10H21NO/c1-3-12-6-4-5-11-10-7-9(2)8-10/h9-11H,3-8H2,1-2H3. The van der Waals surface area contributed by atoms with E-state index in [0.29, 0.717) is 0 Å². The van der Waals surface area contributed by atoms with Gasteiger partial charge in [0.1, 0.15) is 0 Å². The topological polar surface area (TPSA) is 21.3 Å². The lowest BCUT2D eigenvalue weighted by Gasteiger charge is -2.33. The molecule has 0 aromatic heterocycles. The highest BCUT2D eigenvalue weighted by Gasteiger charge is 2.23. The van der Waals surface area contributed by atoms with Crippen molar-refractivity contribution in [3.8, 4) is 0 Å². The van der Waals surface area contributed by atoms with Gasteiger partial charge in [-0.25, -0.2) is 0 Å². The summed E-state index contributed by atoms with van der Waals surface area (Å²) in [6.45, 7) is 7.24. The minimum absolute atomic E-state index is 0.807. The number of rotatable bonds is 6. The van der Waals surface area contributed by atoms with Gasteiger partial charge < -0.3 is 10.1 Å². The lowest BCUT2D eigenvalue weighted by atomic mass is 9.82. The van der Waals surface area contributed by atoms with Gasteiger partial charge in [0, 0.05) is 19.3 Å². The summed E-state index contributed by atoms with van der Waals surface area (Å²) in [6, 6.07) is 0.807. The third-order valence-electron chi connectivity index (χ3n) is 2.48. The van der Waals surface area contributed by atoms with Gasteiger partial charge in [0.2, 0.25) is 0 Å². The Morgan fingerprint density at radius 2 is 2.17 bits per heavy atom. The Bertz CT molecular complexity index is 110. The monoisotopic (exact) mass is 171 g/mol. The predicted octanol–water partition coefficient (Wildman–Crippen LogP) is 1.80. The molecule has 1 aliphatic rings. The normalized spacial score (nSPS) is 28.5. The summed E-state index contributed by atoms with van der Waals surface area (Å²) in [6.07, 6.45) is 3.89. The molecule has 0 radical (unpaired) electrons. The van der Waals surface area contributed by atoms with Crippen LogP contribution in [0, 0.1) is 5.92 Å². The zero-order valence-electron chi connectivity index (χ0n) is 8.31. The summed E-state index contributed by atoms with van der Waals surface area (Å²) in [5.41, 5.74) is 0. The Morgan fingerprint density at radius 1 is 1.42 bits per heavy atom. The first-order valence-corrected chi connectivity index (χ1v) is 5.14. The average Bonchev–Trinajstić information content (AvgIpc) is 2.00. The number of nitrogens with one attached hydrogen (secondary N) is 1. The van der Waals surface area contributed by atoms with Crippen molar-refractivity contribution in [3.63, 3.8) is 0 Å². The highest BCUT2D eigenvalue weighted by molar-refractivity contribution is 4.81.